The lowest BCUT2D eigenvalue weighted by Crippen LogP contribution is -2.36. The summed E-state index contributed by atoms with van der Waals surface area (Å²) in [5.74, 6) is -4.58. The molecule has 734 valence electrons. The maximum absolute atomic E-state index is 12.2. The van der Waals surface area contributed by atoms with E-state index in [1.165, 1.54) is 84.4 Å². The van der Waals surface area contributed by atoms with Gasteiger partial charge in [-0.05, 0) is 98.1 Å². The monoisotopic (exact) mass is 1950 g/mol. The molecule has 50 nitrogen and oxygen atoms in total. The van der Waals surface area contributed by atoms with Gasteiger partial charge in [0.2, 0.25) is 0 Å². The molecule has 0 spiro atoms. The number of carbonyl (C=O) groups is 5. The summed E-state index contributed by atoms with van der Waals surface area (Å²) in [4.78, 5) is 215. The SMILES string of the molecule is C1=CC2OC2C1.C1=CCC=C1.CC(=O)OC(C)=O.CC(=O)OO.CC(=O)O[C@H]1C=C[C@@H](C)C1.CC(=O)O[C@H]1C=C[C@@H](O)C1.CC1(C)OC2C(O1)[C@@H](O)C[C@H]2n1ccc(=O)[nH]c1=O.CC1(C)OC2C(O1)[C@H](n1ccc(=O)[nH]c1=O)C[C@@H]2OCP(=O)([O-])O.CC1(C)OC2C(O1)[C@H](n1ccc(=O)[nH]c1=O)C[C@@H]2OCP(=O)([O-])OP(=O)([O-])OP(=O)([O-])O.O=c1ccn([C@H]2C=C[C@@H](O)C2)c(=O)[nH]1. The second-order valence-corrected chi connectivity index (χ2v) is 38.3. The second kappa shape index (κ2) is 47.8. The molecule has 10 N–H and O–H groups in total. The number of carbonyl (C=O) groups excluding carboxylic acids is 5. The number of aromatic amines is 4. The smallest absolute Gasteiger partial charge is 0.339 e. The van der Waals surface area contributed by atoms with E-state index in [2.05, 4.69) is 87.6 Å². The first-order valence-electron chi connectivity index (χ1n) is 40.5. The summed E-state index contributed by atoms with van der Waals surface area (Å²) in [6.45, 7) is 18.4. The molecule has 16 rings (SSSR count). The van der Waals surface area contributed by atoms with Gasteiger partial charge in [-0.3, -0.25) is 90.0 Å². The van der Waals surface area contributed by atoms with Crippen molar-refractivity contribution >= 4 is 60.7 Å². The van der Waals surface area contributed by atoms with Crippen LogP contribution in [0, 0.1) is 5.92 Å². The largest absolute Gasteiger partial charge is 0.777 e. The van der Waals surface area contributed by atoms with E-state index in [1.54, 1.807) is 65.8 Å². The Morgan fingerprint density at radius 3 is 1.17 bits per heavy atom. The van der Waals surface area contributed by atoms with Gasteiger partial charge in [-0.15, -0.1) is 0 Å². The van der Waals surface area contributed by atoms with Crippen molar-refractivity contribution in [2.24, 2.45) is 5.92 Å². The molecule has 8 aliphatic carbocycles. The number of ether oxygens (including phenoxy) is 12. The van der Waals surface area contributed by atoms with E-state index < -0.39 is 203 Å². The second-order valence-electron chi connectivity index (χ2n) is 32.1. The molecular weight excluding hydrogens is 1840 g/mol. The molecule has 7 fully saturated rings. The van der Waals surface area contributed by atoms with Crippen LogP contribution in [-0.2, 0) is 113 Å². The standard InChI is InChI=1S/C13H21N2O14P3.C13H19N2O8P.C12H16N2O5.C9H10N2O3.C8H12O2.C7H10O3.C5H6O.C5H6.C4H6O3.C2H4O3/c1-13(2)26-10-7(15-4-3-9(16)14-12(15)17)5-8(11(10)27-13)25-6-30(18,19)28-32(23,24)29-31(20,21)22;1-13(2)22-10-7(15-4-3-9(16)14-12(15)17)5-8(11(10)23-13)21-6-24(18,19)20;1-12(2)18-9-6(5-7(15)10(9)19-12)14-4-3-8(16)13-11(14)17;12-7-2-1-6(5-7)11-4-3-8(13)10-9(11)14;1-6-3-4-8(5-6)10-7(2)9;1-5(8)10-7-3-2-6(9)4-7;1-2-4-5(3-1)6-4;1-2-4-5-3-1;1-3(5)7-4(2)6;1-2(3)5-4/h3-4,7-8,10-11H,5-6H2,1-2H3,(H,18,19)(H,23,24)(H,14,16,17)(H2,20,21,22);3-4,7-8,10-11H,5-6H2,1-2H3,(H,14,16,17)(H2,18,19,20);3-4,6-7,9-10,15H,5H2,1-2H3,(H,13,16,17);1-4,6-7,12H,5H2,(H,10,13,14);3-4,6,8H,5H2,1-2H3;2-3,6-7,9H,4H2,1H3;1-2,4-5H,3H2;1-4H,5H2;1-2H3;4H,1H3/p-4/t2*7-,8+,10?,11?;6-,7+,9?,10?;6-,7+;6-,8+;6-,7+;;;;/m111011..../s1. The molecule has 0 aromatic carbocycles. The Balaban J connectivity index is 0.000000213. The molecule has 0 radical (unpaired) electrons. The predicted molar refractivity (Wildman–Crippen MR) is 445 cm³/mol. The van der Waals surface area contributed by atoms with Crippen molar-refractivity contribution in [1.29, 1.82) is 0 Å². The number of phosphoric acid groups is 2. The van der Waals surface area contributed by atoms with Crippen LogP contribution < -0.4 is 64.6 Å². The zero-order valence-electron chi connectivity index (χ0n) is 73.1. The third-order valence-corrected chi connectivity index (χ3v) is 24.0. The van der Waals surface area contributed by atoms with Crippen LogP contribution in [0.15, 0.2) is 160 Å². The highest BCUT2D eigenvalue weighted by Gasteiger charge is 2.58. The van der Waals surface area contributed by atoms with E-state index in [0.29, 0.717) is 37.4 Å². The fourth-order valence-electron chi connectivity index (χ4n) is 14.7. The quantitative estimate of drug-likeness (QED) is 0.00997. The van der Waals surface area contributed by atoms with Crippen LogP contribution in [0.5, 0.6) is 0 Å². The maximum atomic E-state index is 12.2. The van der Waals surface area contributed by atoms with Gasteiger partial charge in [0.05, 0.1) is 60.8 Å². The Morgan fingerprint density at radius 1 is 0.470 bits per heavy atom. The fraction of sp³-hybridized carbons (Fsp3) is 0.577. The van der Waals surface area contributed by atoms with E-state index in [-0.39, 0.29) is 49.1 Å². The van der Waals surface area contributed by atoms with Crippen molar-refractivity contribution in [2.75, 3.05) is 12.7 Å². The molecule has 4 aliphatic heterocycles. The lowest BCUT2D eigenvalue weighted by Gasteiger charge is -2.33. The first-order valence-corrected chi connectivity index (χ1v) is 47.0. The van der Waals surface area contributed by atoms with Crippen LogP contribution >= 0.6 is 30.8 Å². The highest BCUT2D eigenvalue weighted by molar-refractivity contribution is 7.66. The molecule has 8 heterocycles. The van der Waals surface area contributed by atoms with Crippen LogP contribution in [0.3, 0.4) is 0 Å². The minimum atomic E-state index is -5.98. The number of allylic oxidation sites excluding steroid dienone is 6. The van der Waals surface area contributed by atoms with Gasteiger partial charge in [-0.1, -0.05) is 67.7 Å². The van der Waals surface area contributed by atoms with Gasteiger partial charge >= 0.3 is 52.6 Å². The number of nitrogens with zero attached hydrogens (tertiary/aromatic N) is 4. The van der Waals surface area contributed by atoms with Crippen molar-refractivity contribution < 1.29 is 163 Å². The molecule has 12 unspecified atom stereocenters. The molecule has 12 aliphatic rings. The minimum Gasteiger partial charge on any atom is -0.777 e. The summed E-state index contributed by atoms with van der Waals surface area (Å²) in [6.07, 6.45) is 25.4. The number of aliphatic hydroxyl groups excluding tert-OH is 3. The minimum absolute atomic E-state index is 0.0324. The highest BCUT2D eigenvalue weighted by atomic mass is 31.3. The summed E-state index contributed by atoms with van der Waals surface area (Å²) in [5.41, 5.74) is -4.29. The first kappa shape index (κ1) is 110. The van der Waals surface area contributed by atoms with Gasteiger partial charge in [0.1, 0.15) is 67.6 Å². The average molecular weight is 1950 g/mol. The third kappa shape index (κ3) is 36.2. The van der Waals surface area contributed by atoms with E-state index in [0.717, 1.165) is 36.8 Å². The zero-order valence-corrected chi connectivity index (χ0v) is 76.7. The molecule has 4 aromatic heterocycles. The summed E-state index contributed by atoms with van der Waals surface area (Å²) < 4.78 is 121. The predicted octanol–water partition coefficient (Wildman–Crippen LogP) is -0.402. The molecule has 0 amide bonds. The molecule has 0 bridgehead atoms. The van der Waals surface area contributed by atoms with Crippen molar-refractivity contribution in [2.45, 2.75) is 268 Å². The van der Waals surface area contributed by atoms with Crippen LogP contribution in [0.1, 0.15) is 159 Å². The summed E-state index contributed by atoms with van der Waals surface area (Å²) in [5, 5.41) is 35.5. The van der Waals surface area contributed by atoms with Gasteiger partial charge < -0.3 is 116 Å². The van der Waals surface area contributed by atoms with E-state index in [4.69, 9.17) is 72.3 Å². The van der Waals surface area contributed by atoms with Crippen molar-refractivity contribution in [3.8, 4) is 0 Å². The number of aliphatic hydroxyl groups is 3. The molecule has 24 atom stereocenters. The van der Waals surface area contributed by atoms with Gasteiger partial charge in [0.15, 0.2) is 32.6 Å². The van der Waals surface area contributed by atoms with Gasteiger partial charge in [-0.25, -0.2) is 28.3 Å². The zero-order chi connectivity index (χ0) is 98.5. The van der Waals surface area contributed by atoms with Crippen LogP contribution in [0.4, 0.5) is 0 Å². The Hall–Kier alpha value is -9.21. The number of esters is 4. The summed E-state index contributed by atoms with van der Waals surface area (Å²) in [6, 6.07) is 3.15. The lowest BCUT2D eigenvalue weighted by atomic mass is 10.1. The first-order chi connectivity index (χ1) is 61.3. The summed E-state index contributed by atoms with van der Waals surface area (Å²) in [7, 11) is -21.8. The molecular formula is C78H106N8O42P4-4. The molecule has 4 saturated heterocycles. The van der Waals surface area contributed by atoms with Crippen molar-refractivity contribution in [3.05, 3.63) is 205 Å². The van der Waals surface area contributed by atoms with Gasteiger partial charge in [0, 0.05) is 96.5 Å². The van der Waals surface area contributed by atoms with Gasteiger partial charge in [-0.2, -0.15) is 5.26 Å². The highest BCUT2D eigenvalue weighted by Crippen LogP contribution is 2.61. The molecule has 132 heavy (non-hydrogen) atoms. The Kier molecular flexibility index (Phi) is 39.8. The van der Waals surface area contributed by atoms with Crippen LogP contribution in [0.25, 0.3) is 0 Å². The van der Waals surface area contributed by atoms with E-state index >= 15 is 0 Å². The fourth-order valence-corrected chi connectivity index (χ4v) is 18.3. The Bertz CT molecular complexity index is 5500. The van der Waals surface area contributed by atoms with Gasteiger partial charge in [0.25, 0.3) is 37.9 Å². The van der Waals surface area contributed by atoms with E-state index in [1.807, 2.05) is 6.08 Å². The number of aromatic nitrogens is 8. The average Bonchev–Trinajstić information content (AvgIpc) is 1.61. The number of rotatable bonds is 16. The number of nitrogens with one attached hydrogen (secondary N) is 4. The topological polar surface area (TPSA) is 728 Å². The number of hydrogen-bond acceptors (Lipinski definition) is 40. The Morgan fingerprint density at radius 2 is 0.856 bits per heavy atom. The van der Waals surface area contributed by atoms with E-state index in [9.17, 15) is 110 Å². The number of fused-ring (bicyclic) bond motifs is 4. The molecule has 4 aromatic rings. The van der Waals surface area contributed by atoms with Crippen molar-refractivity contribution in [3.63, 3.8) is 0 Å². The normalized spacial score (nSPS) is 30.2. The molecule has 3 saturated carbocycles. The lowest BCUT2D eigenvalue weighted by molar-refractivity contribution is -0.244. The third-order valence-electron chi connectivity index (χ3n) is 19.7. The van der Waals surface area contributed by atoms with Crippen LogP contribution in [-0.4, -0.2) is 220 Å². The number of H-pyrrole nitrogens is 4. The van der Waals surface area contributed by atoms with Crippen LogP contribution in [0.2, 0.25) is 0 Å². The number of hydrogen-bond donors (Lipinski definition) is 10. The number of epoxide rings is 1. The summed E-state index contributed by atoms with van der Waals surface area (Å²) >= 11 is 0. The maximum Gasteiger partial charge on any atom is 0.339 e. The Labute approximate surface area is 749 Å². The van der Waals surface area contributed by atoms with Crippen molar-refractivity contribution in [1.82, 2.24) is 38.2 Å². The molecule has 54 heteroatoms.